The molecule has 0 saturated heterocycles. The van der Waals surface area contributed by atoms with E-state index in [1.165, 1.54) is 12.4 Å². The fourth-order valence-electron chi connectivity index (χ4n) is 1.28. The van der Waals surface area contributed by atoms with Crippen LogP contribution in [0.4, 0.5) is 8.78 Å². The van der Waals surface area contributed by atoms with Crippen LogP contribution in [0.25, 0.3) is 11.0 Å². The van der Waals surface area contributed by atoms with Gasteiger partial charge >= 0.3 is 6.43 Å². The number of nitrogens with zero attached hydrogens (tertiary/aromatic N) is 1. The van der Waals surface area contributed by atoms with Gasteiger partial charge < -0.3 is 4.98 Å². The van der Waals surface area contributed by atoms with Gasteiger partial charge in [0.15, 0.2) is 0 Å². The van der Waals surface area contributed by atoms with E-state index >= 15 is 0 Å². The van der Waals surface area contributed by atoms with Gasteiger partial charge in [-0.1, -0.05) is 0 Å². The second kappa shape index (κ2) is 3.17. The number of alkyl halides is 2. The molecule has 5 heteroatoms. The second-order valence-corrected chi connectivity index (χ2v) is 2.77. The number of Topliss-reactive ketones (excluding diaryl/α,β-unsaturated/α-hetero) is 1. The smallest absolute Gasteiger partial charge is 0.300 e. The van der Waals surface area contributed by atoms with Crippen molar-refractivity contribution in [3.05, 3.63) is 30.1 Å². The van der Waals surface area contributed by atoms with E-state index in [0.717, 1.165) is 0 Å². The third kappa shape index (κ3) is 1.26. The molecule has 0 radical (unpaired) electrons. The molecular weight excluding hydrogens is 190 g/mol. The summed E-state index contributed by atoms with van der Waals surface area (Å²) in [6, 6.07) is 3.17. The molecule has 0 aliphatic carbocycles. The topological polar surface area (TPSA) is 45.8 Å². The van der Waals surface area contributed by atoms with E-state index < -0.39 is 12.2 Å². The van der Waals surface area contributed by atoms with Crippen molar-refractivity contribution in [1.29, 1.82) is 0 Å². The Kier molecular flexibility index (Phi) is 1.99. The zero-order chi connectivity index (χ0) is 10.1. The van der Waals surface area contributed by atoms with Gasteiger partial charge in [0.25, 0.3) is 0 Å². The third-order valence-electron chi connectivity index (χ3n) is 1.91. The Labute approximate surface area is 77.8 Å². The summed E-state index contributed by atoms with van der Waals surface area (Å²) in [5.74, 6) is -1.18. The van der Waals surface area contributed by atoms with Crippen LogP contribution in [0.2, 0.25) is 0 Å². The maximum atomic E-state index is 12.1. The highest BCUT2D eigenvalue weighted by atomic mass is 19.3. The summed E-state index contributed by atoms with van der Waals surface area (Å²) in [4.78, 5) is 17.6. The molecule has 1 N–H and O–H groups in total. The van der Waals surface area contributed by atoms with Crippen LogP contribution in [-0.2, 0) is 0 Å². The van der Waals surface area contributed by atoms with Crippen molar-refractivity contribution >= 4 is 16.8 Å². The number of aromatic nitrogens is 2. The number of halogens is 2. The van der Waals surface area contributed by atoms with Gasteiger partial charge in [0.2, 0.25) is 5.78 Å². The fourth-order valence-corrected chi connectivity index (χ4v) is 1.28. The average Bonchev–Trinajstić information content (AvgIpc) is 2.60. The van der Waals surface area contributed by atoms with E-state index in [0.29, 0.717) is 11.0 Å². The summed E-state index contributed by atoms with van der Waals surface area (Å²) in [6.07, 6.45) is -0.198. The standard InChI is InChI=1S/C9H6F2N2O/c10-8(11)7(14)6-4-13-9-5(6)2-1-3-12-9/h1-4,8H,(H,12,13). The lowest BCUT2D eigenvalue weighted by Crippen LogP contribution is -2.09. The van der Waals surface area contributed by atoms with E-state index in [1.54, 1.807) is 12.1 Å². The Balaban J connectivity index is 2.58. The van der Waals surface area contributed by atoms with Crippen LogP contribution in [0.5, 0.6) is 0 Å². The van der Waals surface area contributed by atoms with Crippen molar-refractivity contribution in [3.63, 3.8) is 0 Å². The summed E-state index contributed by atoms with van der Waals surface area (Å²) in [7, 11) is 0. The Morgan fingerprint density at radius 1 is 1.50 bits per heavy atom. The number of H-pyrrole nitrogens is 1. The Bertz CT molecular complexity index is 478. The number of carbonyl (C=O) groups excluding carboxylic acids is 1. The Morgan fingerprint density at radius 2 is 2.29 bits per heavy atom. The number of nitrogens with one attached hydrogen (secondary N) is 1. The second-order valence-electron chi connectivity index (χ2n) is 2.77. The van der Waals surface area contributed by atoms with Crippen molar-refractivity contribution in [2.24, 2.45) is 0 Å². The molecule has 0 amide bonds. The van der Waals surface area contributed by atoms with Crippen molar-refractivity contribution in [2.75, 3.05) is 0 Å². The number of rotatable bonds is 2. The largest absolute Gasteiger partial charge is 0.345 e. The van der Waals surface area contributed by atoms with E-state index in [-0.39, 0.29) is 5.56 Å². The molecule has 0 bridgehead atoms. The molecule has 0 saturated carbocycles. The molecule has 0 aromatic carbocycles. The predicted octanol–water partition coefficient (Wildman–Crippen LogP) is 2.01. The maximum Gasteiger partial charge on any atom is 0.300 e. The molecule has 2 heterocycles. The summed E-state index contributed by atoms with van der Waals surface area (Å²) in [6.45, 7) is 0. The maximum absolute atomic E-state index is 12.1. The molecule has 3 nitrogen and oxygen atoms in total. The first-order chi connectivity index (χ1) is 6.70. The first-order valence-electron chi connectivity index (χ1n) is 3.94. The molecule has 0 fully saturated rings. The normalized spacial score (nSPS) is 11.1. The molecule has 14 heavy (non-hydrogen) atoms. The highest BCUT2D eigenvalue weighted by Gasteiger charge is 2.21. The van der Waals surface area contributed by atoms with E-state index in [9.17, 15) is 13.6 Å². The summed E-state index contributed by atoms with van der Waals surface area (Å²) in [5.41, 5.74) is 0.430. The number of fused-ring (bicyclic) bond motifs is 1. The van der Waals surface area contributed by atoms with E-state index in [4.69, 9.17) is 0 Å². The fraction of sp³-hybridized carbons (Fsp3) is 0.111. The third-order valence-corrected chi connectivity index (χ3v) is 1.91. The first kappa shape index (κ1) is 8.80. The van der Waals surface area contributed by atoms with E-state index in [1.807, 2.05) is 0 Å². The number of pyridine rings is 1. The minimum absolute atomic E-state index is 0.0110. The lowest BCUT2D eigenvalue weighted by Gasteiger charge is -1.95. The number of carbonyl (C=O) groups is 1. The lowest BCUT2D eigenvalue weighted by atomic mass is 10.1. The average molecular weight is 196 g/mol. The zero-order valence-electron chi connectivity index (χ0n) is 7.00. The first-order valence-corrected chi connectivity index (χ1v) is 3.94. The van der Waals surface area contributed by atoms with Crippen LogP contribution in [0.1, 0.15) is 10.4 Å². The Morgan fingerprint density at radius 3 is 3.00 bits per heavy atom. The van der Waals surface area contributed by atoms with Gasteiger partial charge in [0, 0.05) is 17.8 Å². The van der Waals surface area contributed by atoms with Crippen molar-refractivity contribution in [1.82, 2.24) is 9.97 Å². The quantitative estimate of drug-likeness (QED) is 0.746. The van der Waals surface area contributed by atoms with Gasteiger partial charge in [0.1, 0.15) is 5.65 Å². The van der Waals surface area contributed by atoms with Crippen LogP contribution in [-0.4, -0.2) is 22.2 Å². The Hall–Kier alpha value is -1.78. The van der Waals surface area contributed by atoms with Crippen molar-refractivity contribution in [3.8, 4) is 0 Å². The molecule has 2 rings (SSSR count). The molecular formula is C9H6F2N2O. The molecule has 72 valence electrons. The zero-order valence-corrected chi connectivity index (χ0v) is 7.00. The number of hydrogen-bond acceptors (Lipinski definition) is 2. The minimum atomic E-state index is -2.98. The van der Waals surface area contributed by atoms with Gasteiger partial charge in [-0.25, -0.2) is 13.8 Å². The molecule has 2 aromatic rings. The van der Waals surface area contributed by atoms with Crippen LogP contribution >= 0.6 is 0 Å². The molecule has 0 spiro atoms. The summed E-state index contributed by atoms with van der Waals surface area (Å²) in [5, 5.41) is 0.429. The molecule has 0 aliphatic rings. The SMILES string of the molecule is O=C(c1c[nH]c2ncccc12)C(F)F. The highest BCUT2D eigenvalue weighted by Crippen LogP contribution is 2.18. The van der Waals surface area contributed by atoms with Crippen molar-refractivity contribution < 1.29 is 13.6 Å². The van der Waals surface area contributed by atoms with Gasteiger partial charge in [0.05, 0.1) is 5.56 Å². The van der Waals surface area contributed by atoms with Crippen LogP contribution in [0.3, 0.4) is 0 Å². The van der Waals surface area contributed by atoms with Gasteiger partial charge in [-0.3, -0.25) is 4.79 Å². The monoisotopic (exact) mass is 196 g/mol. The molecule has 0 aliphatic heterocycles. The molecule has 2 aromatic heterocycles. The molecule has 0 atom stereocenters. The molecule has 0 unspecified atom stereocenters. The summed E-state index contributed by atoms with van der Waals surface area (Å²) < 4.78 is 24.3. The van der Waals surface area contributed by atoms with Crippen LogP contribution in [0.15, 0.2) is 24.5 Å². The van der Waals surface area contributed by atoms with Gasteiger partial charge in [-0.05, 0) is 12.1 Å². The van der Waals surface area contributed by atoms with E-state index in [2.05, 4.69) is 9.97 Å². The van der Waals surface area contributed by atoms with Crippen LogP contribution in [0, 0.1) is 0 Å². The minimum Gasteiger partial charge on any atom is -0.345 e. The number of ketones is 1. The van der Waals surface area contributed by atoms with Crippen molar-refractivity contribution in [2.45, 2.75) is 6.43 Å². The van der Waals surface area contributed by atoms with Crippen LogP contribution < -0.4 is 0 Å². The summed E-state index contributed by atoms with van der Waals surface area (Å²) >= 11 is 0. The number of hydrogen-bond donors (Lipinski definition) is 1. The van der Waals surface area contributed by atoms with Gasteiger partial charge in [-0.2, -0.15) is 0 Å². The number of aromatic amines is 1. The predicted molar refractivity (Wildman–Crippen MR) is 46.4 cm³/mol. The van der Waals surface area contributed by atoms with Gasteiger partial charge in [-0.15, -0.1) is 0 Å². The highest BCUT2D eigenvalue weighted by molar-refractivity contribution is 6.08. The lowest BCUT2D eigenvalue weighted by molar-refractivity contribution is 0.0680.